The summed E-state index contributed by atoms with van der Waals surface area (Å²) >= 11 is 0. The van der Waals surface area contributed by atoms with Crippen molar-refractivity contribution in [3.63, 3.8) is 0 Å². The van der Waals surface area contributed by atoms with Crippen LogP contribution in [0.4, 0.5) is 0 Å². The van der Waals surface area contributed by atoms with Crippen LogP contribution in [0.5, 0.6) is 0 Å². The van der Waals surface area contributed by atoms with Crippen LogP contribution in [0.15, 0.2) is 35.2 Å². The third-order valence-corrected chi connectivity index (χ3v) is 6.24. The van der Waals surface area contributed by atoms with Crippen LogP contribution >= 0.6 is 7.60 Å². The molecule has 0 spiro atoms. The minimum atomic E-state index is -3.24. The lowest BCUT2D eigenvalue weighted by molar-refractivity contribution is 0.224. The maximum absolute atomic E-state index is 12.2. The highest BCUT2D eigenvalue weighted by Gasteiger charge is 2.27. The molecule has 4 nitrogen and oxygen atoms in total. The fraction of sp³-hybridized carbons (Fsp3) is 0.455. The number of hydrogen-bond donors (Lipinski definition) is 0. The Bertz CT molecular complexity index is 397. The topological polar surface area (TPSA) is 52.6 Å². The van der Waals surface area contributed by atoms with Gasteiger partial charge in [0.15, 0.2) is 0 Å². The van der Waals surface area contributed by atoms with E-state index in [4.69, 9.17) is 9.05 Å². The van der Waals surface area contributed by atoms with E-state index in [0.29, 0.717) is 4.90 Å². The largest absolute Gasteiger partial charge is 0.343 e. The molecule has 0 saturated carbocycles. The van der Waals surface area contributed by atoms with E-state index in [9.17, 15) is 8.77 Å². The van der Waals surface area contributed by atoms with Crippen LogP contribution in [0.25, 0.3) is 0 Å². The summed E-state index contributed by atoms with van der Waals surface area (Å²) < 4.78 is 34.4. The smallest absolute Gasteiger partial charge is 0.308 e. The van der Waals surface area contributed by atoms with Crippen LogP contribution in [-0.2, 0) is 24.4 Å². The summed E-state index contributed by atoms with van der Waals surface area (Å²) in [5.74, 6) is 0. The molecule has 1 atom stereocenters. The molecule has 0 fully saturated rings. The third kappa shape index (κ3) is 4.72. The van der Waals surface area contributed by atoms with E-state index < -0.39 is 18.4 Å². The predicted octanol–water partition coefficient (Wildman–Crippen LogP) is 3.02. The van der Waals surface area contributed by atoms with Crippen LogP contribution in [-0.4, -0.2) is 22.9 Å². The van der Waals surface area contributed by atoms with Crippen molar-refractivity contribution in [1.82, 2.24) is 0 Å². The molecule has 0 bridgehead atoms. The Kier molecular flexibility index (Phi) is 6.06. The van der Waals surface area contributed by atoms with Gasteiger partial charge in [0.25, 0.3) is 0 Å². The van der Waals surface area contributed by atoms with E-state index >= 15 is 0 Å². The number of rotatable bonds is 7. The summed E-state index contributed by atoms with van der Waals surface area (Å²) in [6.07, 6.45) is 0. The minimum Gasteiger partial charge on any atom is -0.308 e. The first-order chi connectivity index (χ1) is 8.11. The predicted molar refractivity (Wildman–Crippen MR) is 68.6 cm³/mol. The summed E-state index contributed by atoms with van der Waals surface area (Å²) in [5, 5.41) is 0. The van der Waals surface area contributed by atoms with Crippen LogP contribution in [0.3, 0.4) is 0 Å². The normalized spacial score (nSPS) is 13.5. The first kappa shape index (κ1) is 14.6. The molecule has 1 rings (SSSR count). The zero-order valence-electron chi connectivity index (χ0n) is 10.00. The highest BCUT2D eigenvalue weighted by molar-refractivity contribution is 7.92. The summed E-state index contributed by atoms with van der Waals surface area (Å²) in [5.41, 5.74) is -0.0985. The van der Waals surface area contributed by atoms with E-state index in [1.165, 1.54) is 0 Å². The van der Waals surface area contributed by atoms with Gasteiger partial charge in [-0.25, -0.2) is 0 Å². The van der Waals surface area contributed by atoms with Gasteiger partial charge in [-0.05, 0) is 26.0 Å². The molecule has 1 aromatic carbocycles. The monoisotopic (exact) mass is 277 g/mol. The van der Waals surface area contributed by atoms with E-state index in [1.54, 1.807) is 38.1 Å². The molecule has 0 radical (unpaired) electrons. The Morgan fingerprint density at radius 2 is 1.65 bits per heavy atom. The van der Waals surface area contributed by atoms with Crippen molar-refractivity contribution in [1.29, 1.82) is 0 Å². The van der Waals surface area contributed by atoms with E-state index in [1.807, 2.05) is 6.07 Å². The highest BCUT2D eigenvalue weighted by atomic mass is 32.2. The van der Waals surface area contributed by atoms with Crippen LogP contribution < -0.4 is 0 Å². The molecule has 0 saturated heterocycles. The van der Waals surface area contributed by atoms with Crippen LogP contribution in [0, 0.1) is 0 Å². The Labute approximate surface area is 104 Å². The molecule has 1 aromatic rings. The SMILES string of the molecule is CCOP(=O)(CS(=O)[13c]1ccccc1)OCC. The Morgan fingerprint density at radius 3 is 2.12 bits per heavy atom. The van der Waals surface area contributed by atoms with Crippen molar-refractivity contribution >= 4 is 18.4 Å². The Morgan fingerprint density at radius 1 is 1.12 bits per heavy atom. The highest BCUT2D eigenvalue weighted by Crippen LogP contribution is 2.49. The quantitative estimate of drug-likeness (QED) is 0.719. The molecule has 0 aliphatic carbocycles. The van der Waals surface area contributed by atoms with Crippen molar-refractivity contribution < 1.29 is 17.8 Å². The van der Waals surface area contributed by atoms with Gasteiger partial charge in [0.1, 0.15) is 5.49 Å². The average molecular weight is 277 g/mol. The van der Waals surface area contributed by atoms with E-state index in [2.05, 4.69) is 0 Å². The maximum atomic E-state index is 12.2. The molecule has 0 aliphatic heterocycles. The molecule has 0 heterocycles. The van der Waals surface area contributed by atoms with Gasteiger partial charge in [-0.15, -0.1) is 0 Å². The maximum Gasteiger partial charge on any atom is 0.343 e. The summed E-state index contributed by atoms with van der Waals surface area (Å²) in [7, 11) is -4.61. The van der Waals surface area contributed by atoms with Gasteiger partial charge in [0.05, 0.1) is 24.0 Å². The molecule has 0 amide bonds. The molecule has 96 valence electrons. The van der Waals surface area contributed by atoms with Crippen molar-refractivity contribution in [3.8, 4) is 0 Å². The van der Waals surface area contributed by atoms with Crippen molar-refractivity contribution in [2.75, 3.05) is 18.7 Å². The molecule has 0 aliphatic rings. The van der Waals surface area contributed by atoms with Gasteiger partial charge in [-0.3, -0.25) is 8.77 Å². The van der Waals surface area contributed by atoms with Crippen molar-refractivity contribution in [2.45, 2.75) is 18.7 Å². The van der Waals surface area contributed by atoms with Gasteiger partial charge >= 0.3 is 7.60 Å². The Balaban J connectivity index is 2.74. The third-order valence-electron chi connectivity index (χ3n) is 1.93. The Hall–Kier alpha value is -0.480. The average Bonchev–Trinajstić information content (AvgIpc) is 2.30. The van der Waals surface area contributed by atoms with Crippen LogP contribution in [0.2, 0.25) is 0 Å². The summed E-state index contributed by atoms with van der Waals surface area (Å²) in [4.78, 5) is 0.632. The summed E-state index contributed by atoms with van der Waals surface area (Å²) in [6.45, 7) is 4.03. The second-order valence-corrected chi connectivity index (χ2v) is 7.17. The van der Waals surface area contributed by atoms with Gasteiger partial charge in [0.2, 0.25) is 0 Å². The first-order valence-corrected chi connectivity index (χ1v) is 8.47. The molecule has 1 unspecified atom stereocenters. The van der Waals surface area contributed by atoms with E-state index in [0.717, 1.165) is 0 Å². The van der Waals surface area contributed by atoms with Crippen molar-refractivity contribution in [3.05, 3.63) is 30.3 Å². The number of benzene rings is 1. The molecule has 6 heteroatoms. The van der Waals surface area contributed by atoms with Gasteiger partial charge < -0.3 is 9.05 Å². The molecular weight excluding hydrogens is 260 g/mol. The zero-order chi connectivity index (χ0) is 12.7. The van der Waals surface area contributed by atoms with Gasteiger partial charge in [0, 0.05) is 4.90 Å². The standard InChI is InChI=1S/C11H17O4PS/c1-3-14-16(12,15-4-2)10-17(13)11-8-6-5-7-9-11/h5-9H,3-4,10H2,1-2H3/i11+1. The van der Waals surface area contributed by atoms with Crippen molar-refractivity contribution in [2.24, 2.45) is 0 Å². The second kappa shape index (κ2) is 7.07. The molecule has 0 N–H and O–H groups in total. The number of hydrogen-bond acceptors (Lipinski definition) is 4. The fourth-order valence-electron chi connectivity index (χ4n) is 1.30. The zero-order valence-corrected chi connectivity index (χ0v) is 11.7. The fourth-order valence-corrected chi connectivity index (χ4v) is 4.96. The lowest BCUT2D eigenvalue weighted by Crippen LogP contribution is -2.05. The van der Waals surface area contributed by atoms with E-state index in [-0.39, 0.29) is 18.7 Å². The first-order valence-electron chi connectivity index (χ1n) is 5.43. The van der Waals surface area contributed by atoms with Crippen LogP contribution in [0.1, 0.15) is 13.8 Å². The van der Waals surface area contributed by atoms with Gasteiger partial charge in [-0.1, -0.05) is 18.2 Å². The summed E-state index contributed by atoms with van der Waals surface area (Å²) in [6, 6.07) is 8.89. The minimum absolute atomic E-state index is 0.0985. The van der Waals surface area contributed by atoms with Gasteiger partial charge in [-0.2, -0.15) is 0 Å². The molecule has 0 aromatic heterocycles. The molecular formula is C11H17O4PS. The lowest BCUT2D eigenvalue weighted by Gasteiger charge is -2.16. The lowest BCUT2D eigenvalue weighted by atomic mass is 10.5. The molecule has 17 heavy (non-hydrogen) atoms. The second-order valence-electron chi connectivity index (χ2n) is 3.23.